The molecule has 5 heteroatoms. The van der Waals surface area contributed by atoms with Crippen molar-refractivity contribution in [3.8, 4) is 0 Å². The number of halogens is 1. The van der Waals surface area contributed by atoms with Gasteiger partial charge in [-0.05, 0) is 32.1 Å². The Balaban J connectivity index is 2.21. The molecule has 0 saturated carbocycles. The Morgan fingerprint density at radius 3 is 2.85 bits per heavy atom. The topological polar surface area (TPSA) is 46.1 Å². The van der Waals surface area contributed by atoms with Gasteiger partial charge in [0.2, 0.25) is 0 Å². The third kappa shape index (κ3) is 3.48. The first-order valence-electron chi connectivity index (χ1n) is 7.40. The third-order valence-corrected chi connectivity index (χ3v) is 4.24. The molecule has 0 radical (unpaired) electrons. The van der Waals surface area contributed by atoms with Gasteiger partial charge in [-0.25, -0.2) is 9.97 Å². The molecule has 20 heavy (non-hydrogen) atoms. The fourth-order valence-electron chi connectivity index (χ4n) is 2.95. The van der Waals surface area contributed by atoms with Crippen LogP contribution in [-0.4, -0.2) is 29.3 Å². The van der Waals surface area contributed by atoms with Gasteiger partial charge in [0.25, 0.3) is 0 Å². The van der Waals surface area contributed by atoms with Crippen LogP contribution in [0.1, 0.15) is 55.2 Å². The van der Waals surface area contributed by atoms with Crippen LogP contribution in [0.2, 0.25) is 5.15 Å². The molecule has 0 N–H and O–H groups in total. The van der Waals surface area contributed by atoms with Gasteiger partial charge in [-0.2, -0.15) is 0 Å². The summed E-state index contributed by atoms with van der Waals surface area (Å²) in [5.41, 5.74) is 0.422. The first kappa shape index (κ1) is 15.2. The van der Waals surface area contributed by atoms with Crippen molar-refractivity contribution in [2.45, 2.75) is 46.0 Å². The van der Waals surface area contributed by atoms with E-state index in [1.54, 1.807) is 0 Å². The summed E-state index contributed by atoms with van der Waals surface area (Å²) in [6, 6.07) is 0. The summed E-state index contributed by atoms with van der Waals surface area (Å²) in [5.74, 6) is 2.11. The Hall–Kier alpha value is -1.16. The smallest absolute Gasteiger partial charge is 0.156 e. The zero-order valence-electron chi connectivity index (χ0n) is 12.2. The molecule has 1 atom stereocenters. The molecule has 1 aromatic heterocycles. The zero-order valence-corrected chi connectivity index (χ0v) is 13.0. The van der Waals surface area contributed by atoms with E-state index in [0.717, 1.165) is 38.1 Å². The highest BCUT2D eigenvalue weighted by Crippen LogP contribution is 2.28. The number of hydrogen-bond donors (Lipinski definition) is 0. The second-order valence-corrected chi connectivity index (χ2v) is 5.85. The molecular formula is C15H22ClN3O. The number of carbonyl (C=O) groups is 1. The van der Waals surface area contributed by atoms with E-state index in [4.69, 9.17) is 11.6 Å². The number of aldehydes is 1. The first-order chi connectivity index (χ1) is 9.65. The lowest BCUT2D eigenvalue weighted by Crippen LogP contribution is -2.27. The van der Waals surface area contributed by atoms with Crippen molar-refractivity contribution in [3.05, 3.63) is 16.5 Å². The summed E-state index contributed by atoms with van der Waals surface area (Å²) in [4.78, 5) is 22.0. The first-order valence-corrected chi connectivity index (χ1v) is 7.77. The molecule has 0 bridgehead atoms. The maximum absolute atomic E-state index is 11.3. The van der Waals surface area contributed by atoms with Gasteiger partial charge in [-0.3, -0.25) is 4.79 Å². The molecule has 1 fully saturated rings. The molecule has 2 rings (SSSR count). The highest BCUT2D eigenvalue weighted by molar-refractivity contribution is 6.32. The summed E-state index contributed by atoms with van der Waals surface area (Å²) < 4.78 is 0. The molecule has 0 aromatic carbocycles. The van der Waals surface area contributed by atoms with Crippen LogP contribution in [-0.2, 0) is 0 Å². The van der Waals surface area contributed by atoms with Crippen molar-refractivity contribution in [2.24, 2.45) is 5.92 Å². The minimum Gasteiger partial charge on any atom is -0.356 e. The molecule has 0 aliphatic carbocycles. The van der Waals surface area contributed by atoms with Gasteiger partial charge in [0.05, 0.1) is 5.56 Å². The van der Waals surface area contributed by atoms with Crippen LogP contribution < -0.4 is 4.90 Å². The average Bonchev–Trinajstić information content (AvgIpc) is 2.64. The lowest BCUT2D eigenvalue weighted by molar-refractivity contribution is 0.112. The van der Waals surface area contributed by atoms with E-state index in [9.17, 15) is 4.79 Å². The minimum absolute atomic E-state index is 0.261. The van der Waals surface area contributed by atoms with Gasteiger partial charge in [0, 0.05) is 13.1 Å². The molecular weight excluding hydrogens is 274 g/mol. The van der Waals surface area contributed by atoms with Gasteiger partial charge < -0.3 is 4.90 Å². The monoisotopic (exact) mass is 295 g/mol. The number of nitrogens with zero attached hydrogens (tertiary/aromatic N) is 3. The van der Waals surface area contributed by atoms with Crippen LogP contribution in [0.5, 0.6) is 0 Å². The van der Waals surface area contributed by atoms with Crippen LogP contribution in [0.25, 0.3) is 0 Å². The number of aryl methyl sites for hydroxylation is 1. The summed E-state index contributed by atoms with van der Waals surface area (Å²) in [6.45, 7) is 5.93. The fraction of sp³-hybridized carbons (Fsp3) is 0.667. The summed E-state index contributed by atoms with van der Waals surface area (Å²) in [5, 5.41) is 0.261. The zero-order chi connectivity index (χ0) is 14.5. The lowest BCUT2D eigenvalue weighted by atomic mass is 9.96. The van der Waals surface area contributed by atoms with Crippen LogP contribution in [0, 0.1) is 12.8 Å². The highest BCUT2D eigenvalue weighted by Gasteiger charge is 2.21. The van der Waals surface area contributed by atoms with Crippen molar-refractivity contribution in [1.29, 1.82) is 0 Å². The summed E-state index contributed by atoms with van der Waals surface area (Å²) in [7, 11) is 0. The normalized spacial score (nSPS) is 19.8. The Bertz CT molecular complexity index is 478. The molecule has 4 nitrogen and oxygen atoms in total. The van der Waals surface area contributed by atoms with Crippen molar-refractivity contribution in [2.75, 3.05) is 18.0 Å². The van der Waals surface area contributed by atoms with Crippen LogP contribution in [0.4, 0.5) is 5.82 Å². The van der Waals surface area contributed by atoms with Crippen LogP contribution >= 0.6 is 11.6 Å². The predicted octanol–water partition coefficient (Wildman–Crippen LogP) is 3.66. The number of rotatable bonds is 4. The molecule has 1 aliphatic rings. The number of aromatic nitrogens is 2. The van der Waals surface area contributed by atoms with E-state index in [1.165, 1.54) is 19.3 Å². The van der Waals surface area contributed by atoms with Crippen molar-refractivity contribution in [3.63, 3.8) is 0 Å². The minimum atomic E-state index is 0.261. The fourth-order valence-corrected chi connectivity index (χ4v) is 3.20. The van der Waals surface area contributed by atoms with Gasteiger partial charge in [0.1, 0.15) is 16.8 Å². The highest BCUT2D eigenvalue weighted by atomic mass is 35.5. The maximum Gasteiger partial charge on any atom is 0.156 e. The standard InChI is InChI=1S/C15H22ClN3O/c1-3-5-12-6-4-8-19(9-7-12)15-13(10-20)14(16)17-11(2)18-15/h10,12H,3-9H2,1-2H3. The Morgan fingerprint density at radius 2 is 2.15 bits per heavy atom. The van der Waals surface area contributed by atoms with E-state index in [0.29, 0.717) is 17.2 Å². The summed E-state index contributed by atoms with van der Waals surface area (Å²) in [6.07, 6.45) is 6.86. The maximum atomic E-state index is 11.3. The number of carbonyl (C=O) groups excluding carboxylic acids is 1. The average molecular weight is 296 g/mol. The SMILES string of the molecule is CCCC1CCCN(c2nc(C)nc(Cl)c2C=O)CC1. The van der Waals surface area contributed by atoms with Crippen molar-refractivity contribution >= 4 is 23.7 Å². The molecule has 110 valence electrons. The van der Waals surface area contributed by atoms with E-state index in [-0.39, 0.29) is 5.15 Å². The van der Waals surface area contributed by atoms with E-state index >= 15 is 0 Å². The number of anilines is 1. The lowest BCUT2D eigenvalue weighted by Gasteiger charge is -2.23. The Kier molecular flexibility index (Phi) is 5.35. The third-order valence-electron chi connectivity index (χ3n) is 3.95. The van der Waals surface area contributed by atoms with Gasteiger partial charge in [0.15, 0.2) is 6.29 Å². The van der Waals surface area contributed by atoms with Crippen LogP contribution in [0.15, 0.2) is 0 Å². The quantitative estimate of drug-likeness (QED) is 0.628. The molecule has 1 unspecified atom stereocenters. The Labute approximate surface area is 125 Å². The summed E-state index contributed by atoms with van der Waals surface area (Å²) >= 11 is 6.06. The van der Waals surface area contributed by atoms with E-state index < -0.39 is 0 Å². The Morgan fingerprint density at radius 1 is 1.35 bits per heavy atom. The molecule has 1 aliphatic heterocycles. The second kappa shape index (κ2) is 7.02. The largest absolute Gasteiger partial charge is 0.356 e. The van der Waals surface area contributed by atoms with Gasteiger partial charge in [-0.15, -0.1) is 0 Å². The van der Waals surface area contributed by atoms with Gasteiger partial charge >= 0.3 is 0 Å². The molecule has 1 aromatic rings. The van der Waals surface area contributed by atoms with Crippen molar-refractivity contribution in [1.82, 2.24) is 9.97 Å². The van der Waals surface area contributed by atoms with Crippen LogP contribution in [0.3, 0.4) is 0 Å². The molecule has 2 heterocycles. The second-order valence-electron chi connectivity index (χ2n) is 5.49. The van der Waals surface area contributed by atoms with E-state index in [2.05, 4.69) is 21.8 Å². The van der Waals surface area contributed by atoms with Crippen molar-refractivity contribution < 1.29 is 4.79 Å². The molecule has 0 spiro atoms. The van der Waals surface area contributed by atoms with Gasteiger partial charge in [-0.1, -0.05) is 31.4 Å². The predicted molar refractivity (Wildman–Crippen MR) is 81.6 cm³/mol. The molecule has 0 amide bonds. The van der Waals surface area contributed by atoms with E-state index in [1.807, 2.05) is 6.92 Å². The number of hydrogen-bond acceptors (Lipinski definition) is 4. The molecule has 1 saturated heterocycles.